The third kappa shape index (κ3) is 2.41. The first kappa shape index (κ1) is 12.7. The van der Waals surface area contributed by atoms with Crippen molar-refractivity contribution >= 4 is 17.4 Å². The molecule has 0 saturated carbocycles. The minimum Gasteiger partial charge on any atom is -0.289 e. The highest BCUT2D eigenvalue weighted by Crippen LogP contribution is 2.20. The molecule has 0 unspecified atom stereocenters. The van der Waals surface area contributed by atoms with Crippen molar-refractivity contribution in [3.63, 3.8) is 0 Å². The molecule has 2 aromatic carbocycles. The van der Waals surface area contributed by atoms with Crippen molar-refractivity contribution < 1.29 is 13.6 Å². The zero-order valence-electron chi connectivity index (χ0n) is 9.51. The fourth-order valence-corrected chi connectivity index (χ4v) is 1.79. The van der Waals surface area contributed by atoms with Crippen LogP contribution < -0.4 is 0 Å². The number of hydrogen-bond donors (Lipinski definition) is 0. The second kappa shape index (κ2) is 4.86. The van der Waals surface area contributed by atoms with Gasteiger partial charge in [0.25, 0.3) is 0 Å². The van der Waals surface area contributed by atoms with Gasteiger partial charge in [0, 0.05) is 11.1 Å². The Morgan fingerprint density at radius 1 is 1.11 bits per heavy atom. The molecular weight excluding hydrogens is 258 g/mol. The molecule has 0 bridgehead atoms. The molecule has 0 spiro atoms. The first-order chi connectivity index (χ1) is 8.49. The van der Waals surface area contributed by atoms with Crippen LogP contribution in [0.3, 0.4) is 0 Å². The number of aryl methyl sites for hydroxylation is 1. The molecular formula is C14H9ClF2O. The summed E-state index contributed by atoms with van der Waals surface area (Å²) in [6, 6.07) is 7.69. The zero-order valence-corrected chi connectivity index (χ0v) is 10.3. The normalized spacial score (nSPS) is 10.4. The van der Waals surface area contributed by atoms with Crippen LogP contribution in [0, 0.1) is 18.6 Å². The van der Waals surface area contributed by atoms with E-state index in [0.29, 0.717) is 11.1 Å². The van der Waals surface area contributed by atoms with Crippen molar-refractivity contribution in [2.45, 2.75) is 6.92 Å². The lowest BCUT2D eigenvalue weighted by molar-refractivity contribution is 0.103. The second-order valence-corrected chi connectivity index (χ2v) is 4.32. The highest BCUT2D eigenvalue weighted by Gasteiger charge is 2.13. The summed E-state index contributed by atoms with van der Waals surface area (Å²) in [7, 11) is 0. The van der Waals surface area contributed by atoms with Gasteiger partial charge in [0.1, 0.15) is 11.6 Å². The molecule has 1 nitrogen and oxygen atoms in total. The molecule has 0 aromatic heterocycles. The van der Waals surface area contributed by atoms with E-state index in [1.54, 1.807) is 6.92 Å². The van der Waals surface area contributed by atoms with E-state index in [1.807, 2.05) is 0 Å². The van der Waals surface area contributed by atoms with Crippen LogP contribution in [0.4, 0.5) is 8.78 Å². The van der Waals surface area contributed by atoms with Crippen molar-refractivity contribution in [2.75, 3.05) is 0 Å². The molecule has 4 heteroatoms. The van der Waals surface area contributed by atoms with E-state index >= 15 is 0 Å². The molecule has 0 amide bonds. The molecule has 0 radical (unpaired) electrons. The SMILES string of the molecule is Cc1cc(F)ccc1C(=O)c1ccc(Cl)c(F)c1. The number of halogens is 3. The highest BCUT2D eigenvalue weighted by atomic mass is 35.5. The molecule has 0 aliphatic rings. The standard InChI is InChI=1S/C14H9ClF2O/c1-8-6-10(16)3-4-11(8)14(18)9-2-5-12(15)13(17)7-9/h2-7H,1H3. The van der Waals surface area contributed by atoms with Crippen LogP contribution in [0.2, 0.25) is 5.02 Å². The van der Waals surface area contributed by atoms with E-state index in [2.05, 4.69) is 0 Å². The monoisotopic (exact) mass is 266 g/mol. The Morgan fingerprint density at radius 2 is 1.83 bits per heavy atom. The van der Waals surface area contributed by atoms with Gasteiger partial charge in [-0.05, 0) is 48.9 Å². The van der Waals surface area contributed by atoms with Gasteiger partial charge in [-0.3, -0.25) is 4.79 Å². The van der Waals surface area contributed by atoms with Crippen molar-refractivity contribution in [3.05, 3.63) is 69.7 Å². The third-order valence-corrected chi connectivity index (χ3v) is 2.92. The average molecular weight is 267 g/mol. The van der Waals surface area contributed by atoms with E-state index in [-0.39, 0.29) is 16.4 Å². The van der Waals surface area contributed by atoms with Crippen LogP contribution in [-0.2, 0) is 0 Å². The highest BCUT2D eigenvalue weighted by molar-refractivity contribution is 6.30. The van der Waals surface area contributed by atoms with E-state index in [1.165, 1.54) is 30.3 Å². The molecule has 0 aliphatic heterocycles. The lowest BCUT2D eigenvalue weighted by Gasteiger charge is -2.05. The van der Waals surface area contributed by atoms with Crippen LogP contribution in [0.1, 0.15) is 21.5 Å². The summed E-state index contributed by atoms with van der Waals surface area (Å²) in [5, 5.41) is -0.0395. The maximum absolute atomic E-state index is 13.3. The third-order valence-electron chi connectivity index (χ3n) is 2.61. The summed E-state index contributed by atoms with van der Waals surface area (Å²) in [5.74, 6) is -1.42. The fraction of sp³-hybridized carbons (Fsp3) is 0.0714. The maximum atomic E-state index is 13.3. The minimum atomic E-state index is -0.651. The first-order valence-electron chi connectivity index (χ1n) is 5.25. The van der Waals surface area contributed by atoms with Gasteiger partial charge in [-0.15, -0.1) is 0 Å². The summed E-state index contributed by atoms with van der Waals surface area (Å²) in [6.45, 7) is 1.63. The molecule has 0 N–H and O–H groups in total. The predicted octanol–water partition coefficient (Wildman–Crippen LogP) is 4.16. The molecule has 18 heavy (non-hydrogen) atoms. The van der Waals surface area contributed by atoms with Crippen LogP contribution in [0.25, 0.3) is 0 Å². The molecule has 0 heterocycles. The Labute approximate surface area is 108 Å². The first-order valence-corrected chi connectivity index (χ1v) is 5.63. The van der Waals surface area contributed by atoms with Gasteiger partial charge in [-0.2, -0.15) is 0 Å². The maximum Gasteiger partial charge on any atom is 0.193 e. The number of ketones is 1. The van der Waals surface area contributed by atoms with Gasteiger partial charge in [0.2, 0.25) is 0 Å². The smallest absolute Gasteiger partial charge is 0.193 e. The van der Waals surface area contributed by atoms with E-state index in [4.69, 9.17) is 11.6 Å². The zero-order chi connectivity index (χ0) is 13.3. The topological polar surface area (TPSA) is 17.1 Å². The second-order valence-electron chi connectivity index (χ2n) is 3.92. The average Bonchev–Trinajstić information content (AvgIpc) is 2.32. The summed E-state index contributed by atoms with van der Waals surface area (Å²) in [5.41, 5.74) is 1.04. The molecule has 0 saturated heterocycles. The largest absolute Gasteiger partial charge is 0.289 e. The van der Waals surface area contributed by atoms with Crippen LogP contribution >= 0.6 is 11.6 Å². The quantitative estimate of drug-likeness (QED) is 0.746. The number of rotatable bonds is 2. The van der Waals surface area contributed by atoms with Crippen molar-refractivity contribution in [2.24, 2.45) is 0 Å². The Kier molecular flexibility index (Phi) is 3.43. The molecule has 0 atom stereocenters. The Morgan fingerprint density at radius 3 is 2.44 bits per heavy atom. The Hall–Kier alpha value is -1.74. The van der Waals surface area contributed by atoms with Gasteiger partial charge >= 0.3 is 0 Å². The molecule has 0 aliphatic carbocycles. The van der Waals surface area contributed by atoms with Crippen molar-refractivity contribution in [1.29, 1.82) is 0 Å². The number of benzene rings is 2. The van der Waals surface area contributed by atoms with Crippen molar-refractivity contribution in [3.8, 4) is 0 Å². The number of hydrogen-bond acceptors (Lipinski definition) is 1. The van der Waals surface area contributed by atoms with E-state index < -0.39 is 11.6 Å². The summed E-state index contributed by atoms with van der Waals surface area (Å²) in [4.78, 5) is 12.1. The van der Waals surface area contributed by atoms with E-state index in [9.17, 15) is 13.6 Å². The van der Waals surface area contributed by atoms with Crippen LogP contribution in [0.5, 0.6) is 0 Å². The molecule has 92 valence electrons. The lowest BCUT2D eigenvalue weighted by atomic mass is 9.99. The van der Waals surface area contributed by atoms with Crippen LogP contribution in [0.15, 0.2) is 36.4 Å². The minimum absolute atomic E-state index is 0.0395. The summed E-state index contributed by atoms with van der Waals surface area (Å²) >= 11 is 5.55. The molecule has 2 rings (SSSR count). The molecule has 0 fully saturated rings. The van der Waals surface area contributed by atoms with Gasteiger partial charge in [-0.1, -0.05) is 11.6 Å². The summed E-state index contributed by atoms with van der Waals surface area (Å²) < 4.78 is 26.2. The Bertz CT molecular complexity index is 623. The fourth-order valence-electron chi connectivity index (χ4n) is 1.67. The van der Waals surface area contributed by atoms with Gasteiger partial charge in [0.15, 0.2) is 5.78 Å². The number of carbonyl (C=O) groups is 1. The van der Waals surface area contributed by atoms with Crippen LogP contribution in [-0.4, -0.2) is 5.78 Å². The van der Waals surface area contributed by atoms with E-state index in [0.717, 1.165) is 6.07 Å². The van der Waals surface area contributed by atoms with Crippen molar-refractivity contribution in [1.82, 2.24) is 0 Å². The molecule has 2 aromatic rings. The number of carbonyl (C=O) groups excluding carboxylic acids is 1. The predicted molar refractivity (Wildman–Crippen MR) is 66.0 cm³/mol. The van der Waals surface area contributed by atoms with Gasteiger partial charge in [-0.25, -0.2) is 8.78 Å². The Balaban J connectivity index is 2.44. The lowest BCUT2D eigenvalue weighted by Crippen LogP contribution is -2.04. The summed E-state index contributed by atoms with van der Waals surface area (Å²) in [6.07, 6.45) is 0. The van der Waals surface area contributed by atoms with Gasteiger partial charge in [0.05, 0.1) is 5.02 Å². The van der Waals surface area contributed by atoms with Gasteiger partial charge < -0.3 is 0 Å².